The Kier molecular flexibility index (Phi) is 6.63. The average molecular weight is 387 g/mol. The third kappa shape index (κ3) is 4.43. The fourth-order valence-electron chi connectivity index (χ4n) is 2.62. The monoisotopic (exact) mass is 386 g/mol. The summed E-state index contributed by atoms with van der Waals surface area (Å²) < 4.78 is 5.39. The van der Waals surface area contributed by atoms with E-state index in [4.69, 9.17) is 4.74 Å². The van der Waals surface area contributed by atoms with Gasteiger partial charge in [0.1, 0.15) is 21.4 Å². The molecule has 0 N–H and O–H groups in total. The lowest BCUT2D eigenvalue weighted by Crippen LogP contribution is -2.17. The van der Waals surface area contributed by atoms with Crippen LogP contribution < -0.4 is 0 Å². The van der Waals surface area contributed by atoms with E-state index in [1.54, 1.807) is 17.7 Å². The maximum atomic E-state index is 12.3. The van der Waals surface area contributed by atoms with Crippen LogP contribution in [-0.4, -0.2) is 27.8 Å². The Bertz CT molecular complexity index is 865. The maximum absolute atomic E-state index is 12.3. The fraction of sp³-hybridized carbons (Fsp3) is 0.350. The Labute approximate surface area is 162 Å². The lowest BCUT2D eigenvalue weighted by atomic mass is 10.1. The number of carbonyl (C=O) groups is 1. The van der Waals surface area contributed by atoms with Crippen LogP contribution >= 0.6 is 23.1 Å². The highest BCUT2D eigenvalue weighted by molar-refractivity contribution is 8.00. The molecule has 2 heterocycles. The van der Waals surface area contributed by atoms with Crippen molar-refractivity contribution in [2.45, 2.75) is 43.4 Å². The van der Waals surface area contributed by atoms with E-state index in [-0.39, 0.29) is 11.2 Å². The molecule has 4 nitrogen and oxygen atoms in total. The summed E-state index contributed by atoms with van der Waals surface area (Å²) >= 11 is 3.04. The van der Waals surface area contributed by atoms with Crippen LogP contribution in [0.15, 0.2) is 47.1 Å². The van der Waals surface area contributed by atoms with Crippen molar-refractivity contribution in [2.24, 2.45) is 0 Å². The van der Waals surface area contributed by atoms with Crippen molar-refractivity contribution in [3.63, 3.8) is 0 Å². The molecule has 0 aliphatic rings. The van der Waals surface area contributed by atoms with E-state index in [1.807, 2.05) is 25.1 Å². The lowest BCUT2D eigenvalue weighted by molar-refractivity contribution is -0.142. The highest BCUT2D eigenvalue weighted by Crippen LogP contribution is 2.38. The third-order valence-corrected chi connectivity index (χ3v) is 6.00. The largest absolute Gasteiger partial charge is 0.465 e. The van der Waals surface area contributed by atoms with E-state index >= 15 is 0 Å². The van der Waals surface area contributed by atoms with Crippen molar-refractivity contribution < 1.29 is 9.53 Å². The molecule has 0 amide bonds. The number of benzene rings is 1. The van der Waals surface area contributed by atoms with Crippen LogP contribution in [-0.2, 0) is 9.53 Å². The van der Waals surface area contributed by atoms with Gasteiger partial charge in [0.05, 0.1) is 12.0 Å². The topological polar surface area (TPSA) is 52.1 Å². The summed E-state index contributed by atoms with van der Waals surface area (Å²) in [5.41, 5.74) is 2.24. The number of nitrogens with zero attached hydrogens (tertiary/aromatic N) is 2. The first kappa shape index (κ1) is 18.9. The molecule has 136 valence electrons. The van der Waals surface area contributed by atoms with Crippen LogP contribution in [0.4, 0.5) is 0 Å². The smallest absolute Gasteiger partial charge is 0.319 e. The SMILES string of the molecule is CCCCCOC(=O)[C@H](C)Sc1ncnc2scc(-c3ccccc3)c12. The minimum Gasteiger partial charge on any atom is -0.465 e. The van der Waals surface area contributed by atoms with Crippen LogP contribution in [0, 0.1) is 0 Å². The minimum atomic E-state index is -0.307. The molecule has 0 aliphatic heterocycles. The summed E-state index contributed by atoms with van der Waals surface area (Å²) in [5.74, 6) is -0.186. The average Bonchev–Trinajstić information content (AvgIpc) is 3.11. The molecule has 1 aromatic carbocycles. The Morgan fingerprint density at radius 3 is 2.81 bits per heavy atom. The molecule has 0 bridgehead atoms. The molecule has 2 aromatic heterocycles. The summed E-state index contributed by atoms with van der Waals surface area (Å²) in [6, 6.07) is 10.2. The van der Waals surface area contributed by atoms with Crippen LogP contribution in [0.3, 0.4) is 0 Å². The zero-order valence-electron chi connectivity index (χ0n) is 15.0. The molecule has 3 aromatic rings. The van der Waals surface area contributed by atoms with E-state index in [9.17, 15) is 4.79 Å². The first-order chi connectivity index (χ1) is 12.7. The molecule has 0 saturated carbocycles. The molecule has 0 radical (unpaired) electrons. The van der Waals surface area contributed by atoms with E-state index in [1.165, 1.54) is 11.8 Å². The Morgan fingerprint density at radius 1 is 1.23 bits per heavy atom. The number of thioether (sulfide) groups is 1. The van der Waals surface area contributed by atoms with Crippen LogP contribution in [0.1, 0.15) is 33.1 Å². The number of rotatable bonds is 8. The third-order valence-electron chi connectivity index (χ3n) is 4.03. The first-order valence-electron chi connectivity index (χ1n) is 8.81. The molecular weight excluding hydrogens is 364 g/mol. The van der Waals surface area contributed by atoms with Gasteiger partial charge in [0.2, 0.25) is 0 Å². The molecule has 3 rings (SSSR count). The maximum Gasteiger partial charge on any atom is 0.319 e. The molecule has 0 spiro atoms. The van der Waals surface area contributed by atoms with E-state index in [0.29, 0.717) is 6.61 Å². The second-order valence-corrected chi connectivity index (χ2v) is 8.20. The number of esters is 1. The highest BCUT2D eigenvalue weighted by atomic mass is 32.2. The quantitative estimate of drug-likeness (QED) is 0.219. The molecule has 26 heavy (non-hydrogen) atoms. The van der Waals surface area contributed by atoms with Crippen LogP contribution in [0.2, 0.25) is 0 Å². The van der Waals surface area contributed by atoms with Crippen LogP contribution in [0.25, 0.3) is 21.3 Å². The van der Waals surface area contributed by atoms with Crippen LogP contribution in [0.5, 0.6) is 0 Å². The predicted molar refractivity (Wildman–Crippen MR) is 109 cm³/mol. The predicted octanol–water partition coefficient (Wildman–Crippen LogP) is 5.57. The molecule has 0 fully saturated rings. The number of thiophene rings is 1. The molecule has 0 saturated heterocycles. The van der Waals surface area contributed by atoms with Crippen molar-refractivity contribution in [1.29, 1.82) is 0 Å². The molecule has 0 unspecified atom stereocenters. The van der Waals surface area contributed by atoms with Gasteiger partial charge in [-0.1, -0.05) is 61.9 Å². The summed E-state index contributed by atoms with van der Waals surface area (Å²) in [4.78, 5) is 22.0. The van der Waals surface area contributed by atoms with Crippen molar-refractivity contribution in [3.05, 3.63) is 42.0 Å². The number of ether oxygens (including phenoxy) is 1. The lowest BCUT2D eigenvalue weighted by Gasteiger charge is -2.12. The summed E-state index contributed by atoms with van der Waals surface area (Å²) in [6.45, 7) is 4.49. The van der Waals surface area contributed by atoms with Gasteiger partial charge in [0, 0.05) is 10.9 Å². The second kappa shape index (κ2) is 9.14. The van der Waals surface area contributed by atoms with E-state index in [2.05, 4.69) is 34.4 Å². The van der Waals surface area contributed by atoms with Crippen molar-refractivity contribution in [1.82, 2.24) is 9.97 Å². The molecule has 0 aliphatic carbocycles. The van der Waals surface area contributed by atoms with Gasteiger partial charge in [-0.05, 0) is 18.9 Å². The Hall–Kier alpha value is -1.92. The van der Waals surface area contributed by atoms with Gasteiger partial charge in [-0.25, -0.2) is 9.97 Å². The number of hydrogen-bond acceptors (Lipinski definition) is 6. The van der Waals surface area contributed by atoms with Gasteiger partial charge in [-0.3, -0.25) is 4.79 Å². The zero-order valence-corrected chi connectivity index (χ0v) is 16.6. The normalized spacial score (nSPS) is 12.2. The van der Waals surface area contributed by atoms with Gasteiger partial charge in [-0.15, -0.1) is 11.3 Å². The standard InChI is InChI=1S/C20H22N2O2S2/c1-3-4-8-11-24-20(23)14(2)26-19-17-16(15-9-6-5-7-10-15)12-25-18(17)21-13-22-19/h5-7,9-10,12-14H,3-4,8,11H2,1-2H3/t14-/m0/s1. The Balaban J connectivity index is 1.80. The summed E-state index contributed by atoms with van der Waals surface area (Å²) in [5, 5.41) is 3.64. The minimum absolute atomic E-state index is 0.186. The number of hydrogen-bond donors (Lipinski definition) is 0. The highest BCUT2D eigenvalue weighted by Gasteiger charge is 2.20. The molecule has 1 atom stereocenters. The summed E-state index contributed by atoms with van der Waals surface area (Å²) in [6.07, 6.45) is 4.67. The Morgan fingerprint density at radius 2 is 2.04 bits per heavy atom. The van der Waals surface area contributed by atoms with Gasteiger partial charge in [0.15, 0.2) is 0 Å². The number of unbranched alkanes of at least 4 members (excludes halogenated alkanes) is 2. The first-order valence-corrected chi connectivity index (χ1v) is 10.6. The van der Waals surface area contributed by atoms with Gasteiger partial charge in [0.25, 0.3) is 0 Å². The number of aromatic nitrogens is 2. The number of fused-ring (bicyclic) bond motifs is 1. The van der Waals surface area contributed by atoms with Crippen molar-refractivity contribution in [2.75, 3.05) is 6.61 Å². The molecular formula is C20H22N2O2S2. The van der Waals surface area contributed by atoms with Gasteiger partial charge in [-0.2, -0.15) is 0 Å². The summed E-state index contributed by atoms with van der Waals surface area (Å²) in [7, 11) is 0. The van der Waals surface area contributed by atoms with Gasteiger partial charge < -0.3 is 4.74 Å². The molecule has 6 heteroatoms. The van der Waals surface area contributed by atoms with Gasteiger partial charge >= 0.3 is 5.97 Å². The fourth-order valence-corrected chi connectivity index (χ4v) is 4.54. The van der Waals surface area contributed by atoms with Crippen molar-refractivity contribution in [3.8, 4) is 11.1 Å². The number of carbonyl (C=O) groups excluding carboxylic acids is 1. The second-order valence-electron chi connectivity index (χ2n) is 6.01. The van der Waals surface area contributed by atoms with E-state index < -0.39 is 0 Å². The van der Waals surface area contributed by atoms with E-state index in [0.717, 1.165) is 45.6 Å². The zero-order chi connectivity index (χ0) is 18.4. The van der Waals surface area contributed by atoms with Crippen molar-refractivity contribution >= 4 is 39.3 Å².